The van der Waals surface area contributed by atoms with Gasteiger partial charge in [0, 0.05) is 5.69 Å². The van der Waals surface area contributed by atoms with Crippen LogP contribution < -0.4 is 5.32 Å². The summed E-state index contributed by atoms with van der Waals surface area (Å²) in [6.45, 7) is 0. The number of hydrogen-bond acceptors (Lipinski definition) is 7. The number of fused-ring (bicyclic) bond motifs is 1. The predicted octanol–water partition coefficient (Wildman–Crippen LogP) is 1.75. The van der Waals surface area contributed by atoms with E-state index in [1.54, 1.807) is 12.1 Å². The van der Waals surface area contributed by atoms with E-state index in [0.717, 1.165) is 0 Å². The van der Waals surface area contributed by atoms with E-state index in [1.165, 1.54) is 25.8 Å². The number of nitrogens with zero attached hydrogens (tertiary/aromatic N) is 4. The number of carbonyl (C=O) groups excluding carboxylic acids is 1. The van der Waals surface area contributed by atoms with Gasteiger partial charge in [0.2, 0.25) is 5.95 Å². The number of aromatic amines is 1. The lowest BCUT2D eigenvalue weighted by atomic mass is 10.1. The van der Waals surface area contributed by atoms with Crippen molar-refractivity contribution in [3.05, 3.63) is 42.0 Å². The molecule has 0 amide bonds. The van der Waals surface area contributed by atoms with E-state index in [2.05, 4.69) is 25.3 Å². The number of rotatable bonds is 3. The van der Waals surface area contributed by atoms with Crippen LogP contribution in [-0.4, -0.2) is 33.0 Å². The van der Waals surface area contributed by atoms with Crippen molar-refractivity contribution in [2.24, 2.45) is 0 Å². The lowest BCUT2D eigenvalue weighted by Gasteiger charge is -2.07. The second-order valence-corrected chi connectivity index (χ2v) is 4.35. The van der Waals surface area contributed by atoms with Crippen molar-refractivity contribution in [2.45, 2.75) is 0 Å². The van der Waals surface area contributed by atoms with Gasteiger partial charge in [0.25, 0.3) is 0 Å². The summed E-state index contributed by atoms with van der Waals surface area (Å²) in [7, 11) is 1.31. The first-order chi connectivity index (χ1) is 10.7. The number of aromatic nitrogens is 4. The molecule has 2 N–H and O–H groups in total. The Kier molecular flexibility index (Phi) is 3.37. The Bertz CT molecular complexity index is 878. The van der Waals surface area contributed by atoms with Gasteiger partial charge in [-0.25, -0.2) is 19.7 Å². The summed E-state index contributed by atoms with van der Waals surface area (Å²) in [6, 6.07) is 5.33. The monoisotopic (exact) mass is 294 g/mol. The number of esters is 1. The standard InChI is InChI=1S/C14H10N6O2/c1-22-13(21)10-2-9(3-11-12(10)19-7-18-11)20-14-16-5-8(4-15)6-17-14/h2-3,5-7H,1H3,(H,18,19)(H,16,17,20). The van der Waals surface area contributed by atoms with Crippen LogP contribution in [-0.2, 0) is 4.74 Å². The highest BCUT2D eigenvalue weighted by Crippen LogP contribution is 2.23. The van der Waals surface area contributed by atoms with Gasteiger partial charge in [0.05, 0.1) is 42.5 Å². The van der Waals surface area contributed by atoms with Crippen LogP contribution in [0.3, 0.4) is 0 Å². The summed E-state index contributed by atoms with van der Waals surface area (Å²) in [6.07, 6.45) is 4.32. The quantitative estimate of drug-likeness (QED) is 0.707. The number of ether oxygens (including phenoxy) is 1. The van der Waals surface area contributed by atoms with Crippen LogP contribution in [0, 0.1) is 11.3 Å². The second kappa shape index (κ2) is 5.49. The molecule has 1 aromatic carbocycles. The molecule has 0 saturated carbocycles. The summed E-state index contributed by atoms with van der Waals surface area (Å²) in [5, 5.41) is 11.7. The van der Waals surface area contributed by atoms with Crippen LogP contribution in [0.2, 0.25) is 0 Å². The molecule has 8 heteroatoms. The highest BCUT2D eigenvalue weighted by molar-refractivity contribution is 6.03. The minimum atomic E-state index is -0.485. The number of hydrogen-bond donors (Lipinski definition) is 2. The third-order valence-electron chi connectivity index (χ3n) is 2.97. The van der Waals surface area contributed by atoms with E-state index in [0.29, 0.717) is 33.8 Å². The molecule has 0 bridgehead atoms. The SMILES string of the molecule is COC(=O)c1cc(Nc2ncc(C#N)cn2)cc2[nH]cnc12. The maximum absolute atomic E-state index is 11.8. The van der Waals surface area contributed by atoms with Gasteiger partial charge in [0.15, 0.2) is 0 Å². The largest absolute Gasteiger partial charge is 0.465 e. The van der Waals surface area contributed by atoms with Gasteiger partial charge in [-0.15, -0.1) is 0 Å². The van der Waals surface area contributed by atoms with Crippen LogP contribution in [0.5, 0.6) is 0 Å². The molecular formula is C14H10N6O2. The van der Waals surface area contributed by atoms with Crippen molar-refractivity contribution in [3.63, 3.8) is 0 Å². The van der Waals surface area contributed by atoms with Gasteiger partial charge in [-0.05, 0) is 12.1 Å². The number of nitriles is 1. The lowest BCUT2D eigenvalue weighted by molar-refractivity contribution is 0.0603. The van der Waals surface area contributed by atoms with Crippen LogP contribution in [0.25, 0.3) is 11.0 Å². The first kappa shape index (κ1) is 13.5. The highest BCUT2D eigenvalue weighted by Gasteiger charge is 2.14. The summed E-state index contributed by atoms with van der Waals surface area (Å²) in [5.74, 6) is -0.171. The summed E-state index contributed by atoms with van der Waals surface area (Å²) in [5.41, 5.74) is 2.50. The molecule has 3 aromatic rings. The number of benzene rings is 1. The van der Waals surface area contributed by atoms with Crippen molar-refractivity contribution in [1.29, 1.82) is 5.26 Å². The molecule has 0 unspecified atom stereocenters. The summed E-state index contributed by atoms with van der Waals surface area (Å²) in [4.78, 5) is 26.9. The molecule has 0 fully saturated rings. The smallest absolute Gasteiger partial charge is 0.340 e. The van der Waals surface area contributed by atoms with Crippen molar-refractivity contribution in [3.8, 4) is 6.07 Å². The van der Waals surface area contributed by atoms with E-state index >= 15 is 0 Å². The van der Waals surface area contributed by atoms with Gasteiger partial charge in [0.1, 0.15) is 11.6 Å². The minimum absolute atomic E-state index is 0.314. The summed E-state index contributed by atoms with van der Waals surface area (Å²) >= 11 is 0. The molecule has 8 nitrogen and oxygen atoms in total. The van der Waals surface area contributed by atoms with Crippen molar-refractivity contribution in [2.75, 3.05) is 12.4 Å². The van der Waals surface area contributed by atoms with Gasteiger partial charge < -0.3 is 15.0 Å². The van der Waals surface area contributed by atoms with Crippen molar-refractivity contribution >= 4 is 28.6 Å². The number of imidazole rings is 1. The Morgan fingerprint density at radius 2 is 2.09 bits per heavy atom. The van der Waals surface area contributed by atoms with Gasteiger partial charge in [-0.3, -0.25) is 0 Å². The molecule has 2 aromatic heterocycles. The zero-order valence-electron chi connectivity index (χ0n) is 11.5. The minimum Gasteiger partial charge on any atom is -0.465 e. The molecule has 22 heavy (non-hydrogen) atoms. The molecular weight excluding hydrogens is 284 g/mol. The Balaban J connectivity index is 1.99. The Labute approximate surface area is 124 Å². The average molecular weight is 294 g/mol. The Hall–Kier alpha value is -3.47. The molecule has 0 aliphatic heterocycles. The van der Waals surface area contributed by atoms with Crippen LogP contribution in [0.4, 0.5) is 11.6 Å². The maximum Gasteiger partial charge on any atom is 0.340 e. The number of methoxy groups -OCH3 is 1. The highest BCUT2D eigenvalue weighted by atomic mass is 16.5. The molecule has 2 heterocycles. The van der Waals surface area contributed by atoms with E-state index in [9.17, 15) is 4.79 Å². The lowest BCUT2D eigenvalue weighted by Crippen LogP contribution is -2.04. The first-order valence-electron chi connectivity index (χ1n) is 6.26. The molecule has 0 saturated heterocycles. The molecule has 108 valence electrons. The fourth-order valence-corrected chi connectivity index (χ4v) is 1.97. The number of anilines is 2. The van der Waals surface area contributed by atoms with Crippen LogP contribution >= 0.6 is 0 Å². The van der Waals surface area contributed by atoms with E-state index < -0.39 is 5.97 Å². The van der Waals surface area contributed by atoms with Crippen LogP contribution in [0.1, 0.15) is 15.9 Å². The van der Waals surface area contributed by atoms with E-state index in [4.69, 9.17) is 10.00 Å². The Morgan fingerprint density at radius 3 is 2.77 bits per heavy atom. The molecule has 0 aliphatic carbocycles. The van der Waals surface area contributed by atoms with Gasteiger partial charge in [-0.2, -0.15) is 5.26 Å². The topological polar surface area (TPSA) is 117 Å². The second-order valence-electron chi connectivity index (χ2n) is 4.35. The number of nitrogens with one attached hydrogen (secondary N) is 2. The summed E-state index contributed by atoms with van der Waals surface area (Å²) < 4.78 is 4.76. The third-order valence-corrected chi connectivity index (χ3v) is 2.97. The normalized spacial score (nSPS) is 10.2. The van der Waals surface area contributed by atoms with E-state index in [1.807, 2.05) is 6.07 Å². The molecule has 3 rings (SSSR count). The Morgan fingerprint density at radius 1 is 1.32 bits per heavy atom. The first-order valence-corrected chi connectivity index (χ1v) is 6.26. The molecule has 0 radical (unpaired) electrons. The van der Waals surface area contributed by atoms with Gasteiger partial charge in [-0.1, -0.05) is 0 Å². The zero-order chi connectivity index (χ0) is 15.5. The van der Waals surface area contributed by atoms with Crippen molar-refractivity contribution in [1.82, 2.24) is 19.9 Å². The fourth-order valence-electron chi connectivity index (χ4n) is 1.97. The number of carbonyl (C=O) groups is 1. The molecule has 0 spiro atoms. The van der Waals surface area contributed by atoms with Crippen LogP contribution in [0.15, 0.2) is 30.9 Å². The zero-order valence-corrected chi connectivity index (χ0v) is 11.5. The fraction of sp³-hybridized carbons (Fsp3) is 0.0714. The van der Waals surface area contributed by atoms with Crippen molar-refractivity contribution < 1.29 is 9.53 Å². The molecule has 0 aliphatic rings. The average Bonchev–Trinajstić information content (AvgIpc) is 3.02. The third kappa shape index (κ3) is 2.43. The van der Waals surface area contributed by atoms with Gasteiger partial charge >= 0.3 is 5.97 Å². The maximum atomic E-state index is 11.8. The predicted molar refractivity (Wildman–Crippen MR) is 77.5 cm³/mol. The molecule has 0 atom stereocenters. The van der Waals surface area contributed by atoms with E-state index in [-0.39, 0.29) is 0 Å². The number of H-pyrrole nitrogens is 1.